The number of imidazole rings is 1. The number of hydrogen-bond acceptors (Lipinski definition) is 4. The average Bonchev–Trinajstić information content (AvgIpc) is 3.34. The molecule has 32 heavy (non-hydrogen) atoms. The Hall–Kier alpha value is -4.26. The molecule has 0 atom stereocenters. The molecule has 0 fully saturated rings. The Kier molecular flexibility index (Phi) is 4.99. The van der Waals surface area contributed by atoms with E-state index in [1.54, 1.807) is 48.5 Å². The molecule has 7 nitrogen and oxygen atoms in total. The van der Waals surface area contributed by atoms with Gasteiger partial charge in [-0.15, -0.1) is 0 Å². The molecule has 3 amide bonds. The highest BCUT2D eigenvalue weighted by molar-refractivity contribution is 6.21. The van der Waals surface area contributed by atoms with Gasteiger partial charge in [0, 0.05) is 18.5 Å². The number of nitrogens with zero attached hydrogens (tertiary/aromatic N) is 2. The first-order valence-electron chi connectivity index (χ1n) is 10.4. The molecule has 1 aliphatic rings. The van der Waals surface area contributed by atoms with Crippen LogP contribution >= 0.6 is 0 Å². The van der Waals surface area contributed by atoms with Crippen LogP contribution in [0, 0.1) is 0 Å². The third kappa shape index (κ3) is 3.65. The number of amides is 3. The molecule has 7 heteroatoms. The maximum atomic E-state index is 12.5. The first-order valence-corrected chi connectivity index (χ1v) is 10.4. The number of hydrogen-bond donors (Lipinski definition) is 2. The van der Waals surface area contributed by atoms with Gasteiger partial charge in [0.15, 0.2) is 0 Å². The highest BCUT2D eigenvalue weighted by Crippen LogP contribution is 2.24. The molecule has 2 heterocycles. The minimum atomic E-state index is -0.294. The lowest BCUT2D eigenvalue weighted by atomic mass is 10.1. The summed E-state index contributed by atoms with van der Waals surface area (Å²) in [4.78, 5) is 46.5. The third-order valence-corrected chi connectivity index (χ3v) is 5.52. The topological polar surface area (TPSA) is 95.2 Å². The summed E-state index contributed by atoms with van der Waals surface area (Å²) in [7, 11) is 0. The summed E-state index contributed by atoms with van der Waals surface area (Å²) in [6.45, 7) is 0.621. The number of para-hydroxylation sites is 2. The number of carbonyl (C=O) groups excluding carboxylic acids is 3. The van der Waals surface area contributed by atoms with E-state index in [2.05, 4.69) is 15.3 Å². The van der Waals surface area contributed by atoms with Gasteiger partial charge in [0.25, 0.3) is 17.7 Å². The second-order valence-electron chi connectivity index (χ2n) is 7.65. The Morgan fingerprint density at radius 2 is 1.53 bits per heavy atom. The lowest BCUT2D eigenvalue weighted by molar-refractivity contribution is 0.0641. The van der Waals surface area contributed by atoms with Gasteiger partial charge in [-0.3, -0.25) is 19.3 Å². The van der Waals surface area contributed by atoms with Gasteiger partial charge in [0.2, 0.25) is 0 Å². The van der Waals surface area contributed by atoms with E-state index in [1.807, 2.05) is 24.3 Å². The minimum absolute atomic E-state index is 0.167. The van der Waals surface area contributed by atoms with Crippen molar-refractivity contribution in [3.63, 3.8) is 0 Å². The largest absolute Gasteiger partial charge is 0.352 e. The second kappa shape index (κ2) is 8.11. The van der Waals surface area contributed by atoms with Crippen LogP contribution < -0.4 is 5.32 Å². The first-order chi connectivity index (χ1) is 15.6. The molecule has 1 aromatic heterocycles. The predicted molar refractivity (Wildman–Crippen MR) is 119 cm³/mol. The standard InChI is InChI=1S/C25H20N4O3/c30-23(26-14-13-22-27-20-7-3-4-8-21(20)28-22)17-11-9-16(10-12-17)15-29-24(31)18-5-1-2-6-19(18)25(29)32/h1-12H,13-15H2,(H,26,30)(H,27,28). The quantitative estimate of drug-likeness (QED) is 0.464. The fourth-order valence-electron chi connectivity index (χ4n) is 3.85. The van der Waals surface area contributed by atoms with Crippen LogP contribution in [0.4, 0.5) is 0 Å². The molecule has 2 N–H and O–H groups in total. The molecule has 158 valence electrons. The highest BCUT2D eigenvalue weighted by atomic mass is 16.2. The van der Waals surface area contributed by atoms with E-state index in [0.29, 0.717) is 29.7 Å². The number of carbonyl (C=O) groups is 3. The van der Waals surface area contributed by atoms with E-state index < -0.39 is 0 Å². The van der Waals surface area contributed by atoms with Crippen molar-refractivity contribution < 1.29 is 14.4 Å². The number of imide groups is 1. The summed E-state index contributed by atoms with van der Waals surface area (Å²) >= 11 is 0. The van der Waals surface area contributed by atoms with Crippen molar-refractivity contribution in [3.05, 3.63) is 101 Å². The van der Waals surface area contributed by atoms with Gasteiger partial charge in [-0.25, -0.2) is 4.98 Å². The average molecular weight is 424 g/mol. The second-order valence-corrected chi connectivity index (χ2v) is 7.65. The van der Waals surface area contributed by atoms with Gasteiger partial charge in [-0.2, -0.15) is 0 Å². The normalized spacial score (nSPS) is 12.9. The van der Waals surface area contributed by atoms with Crippen LogP contribution in [0.1, 0.15) is 42.5 Å². The Morgan fingerprint density at radius 1 is 0.875 bits per heavy atom. The molecular weight excluding hydrogens is 404 g/mol. The van der Waals surface area contributed by atoms with Crippen LogP contribution in [0.5, 0.6) is 0 Å². The zero-order valence-corrected chi connectivity index (χ0v) is 17.2. The van der Waals surface area contributed by atoms with Crippen molar-refractivity contribution in [2.75, 3.05) is 6.54 Å². The van der Waals surface area contributed by atoms with Gasteiger partial charge in [0.05, 0.1) is 28.7 Å². The Balaban J connectivity index is 1.18. The maximum Gasteiger partial charge on any atom is 0.261 e. The third-order valence-electron chi connectivity index (χ3n) is 5.52. The van der Waals surface area contributed by atoms with Gasteiger partial charge in [0.1, 0.15) is 5.82 Å². The van der Waals surface area contributed by atoms with Gasteiger partial charge < -0.3 is 10.3 Å². The Labute approximate surface area is 184 Å². The molecule has 0 radical (unpaired) electrons. The molecule has 3 aromatic carbocycles. The van der Waals surface area contributed by atoms with Gasteiger partial charge >= 0.3 is 0 Å². The predicted octanol–water partition coefficient (Wildman–Crippen LogP) is 3.33. The Bertz CT molecular complexity index is 1270. The maximum absolute atomic E-state index is 12.5. The van der Waals surface area contributed by atoms with E-state index in [1.165, 1.54) is 4.90 Å². The van der Waals surface area contributed by atoms with Crippen molar-refractivity contribution in [2.24, 2.45) is 0 Å². The van der Waals surface area contributed by atoms with Crippen LogP contribution in [-0.4, -0.2) is 39.1 Å². The molecule has 1 aliphatic heterocycles. The van der Waals surface area contributed by atoms with Crippen LogP contribution in [0.25, 0.3) is 11.0 Å². The van der Waals surface area contributed by atoms with Gasteiger partial charge in [-0.05, 0) is 42.0 Å². The number of nitrogens with one attached hydrogen (secondary N) is 2. The Morgan fingerprint density at radius 3 is 2.22 bits per heavy atom. The zero-order chi connectivity index (χ0) is 22.1. The number of fused-ring (bicyclic) bond motifs is 2. The number of H-pyrrole nitrogens is 1. The molecule has 4 aromatic rings. The van der Waals surface area contributed by atoms with E-state index in [0.717, 1.165) is 22.4 Å². The molecule has 0 aliphatic carbocycles. The molecule has 0 saturated heterocycles. The van der Waals surface area contributed by atoms with Crippen LogP contribution in [0.15, 0.2) is 72.8 Å². The van der Waals surface area contributed by atoms with Crippen molar-refractivity contribution in [2.45, 2.75) is 13.0 Å². The molecule has 0 bridgehead atoms. The number of rotatable bonds is 6. The lowest BCUT2D eigenvalue weighted by Crippen LogP contribution is -2.29. The van der Waals surface area contributed by atoms with E-state index in [9.17, 15) is 14.4 Å². The summed E-state index contributed by atoms with van der Waals surface area (Å²) in [6, 6.07) is 21.5. The van der Waals surface area contributed by atoms with E-state index >= 15 is 0 Å². The first kappa shape index (κ1) is 19.7. The molecule has 0 saturated carbocycles. The number of aromatic nitrogens is 2. The fourth-order valence-corrected chi connectivity index (χ4v) is 3.85. The summed E-state index contributed by atoms with van der Waals surface area (Å²) in [6.07, 6.45) is 0.595. The SMILES string of the molecule is O=C(NCCc1nc2ccccc2[nH]1)c1ccc(CN2C(=O)c3ccccc3C2=O)cc1. The fraction of sp³-hybridized carbons (Fsp3) is 0.120. The molecule has 0 unspecified atom stereocenters. The van der Waals surface area contributed by atoms with Crippen molar-refractivity contribution in [1.82, 2.24) is 20.2 Å². The monoisotopic (exact) mass is 424 g/mol. The van der Waals surface area contributed by atoms with Gasteiger partial charge in [-0.1, -0.05) is 36.4 Å². The van der Waals surface area contributed by atoms with Crippen LogP contribution in [0.2, 0.25) is 0 Å². The zero-order valence-electron chi connectivity index (χ0n) is 17.2. The molecule has 0 spiro atoms. The molecule has 5 rings (SSSR count). The summed E-state index contributed by atoms with van der Waals surface area (Å²) in [5.74, 6) is 0.0483. The summed E-state index contributed by atoms with van der Waals surface area (Å²) in [5.41, 5.74) is 4.03. The summed E-state index contributed by atoms with van der Waals surface area (Å²) in [5, 5.41) is 2.89. The minimum Gasteiger partial charge on any atom is -0.352 e. The molecular formula is C25H20N4O3. The smallest absolute Gasteiger partial charge is 0.261 e. The number of benzene rings is 3. The van der Waals surface area contributed by atoms with Crippen molar-refractivity contribution >= 4 is 28.8 Å². The van der Waals surface area contributed by atoms with E-state index in [4.69, 9.17) is 0 Å². The van der Waals surface area contributed by atoms with Crippen LogP contribution in [0.3, 0.4) is 0 Å². The summed E-state index contributed by atoms with van der Waals surface area (Å²) < 4.78 is 0. The lowest BCUT2D eigenvalue weighted by Gasteiger charge is -2.14. The highest BCUT2D eigenvalue weighted by Gasteiger charge is 2.34. The van der Waals surface area contributed by atoms with Crippen LogP contribution in [-0.2, 0) is 13.0 Å². The van der Waals surface area contributed by atoms with Crippen molar-refractivity contribution in [3.8, 4) is 0 Å². The van der Waals surface area contributed by atoms with Crippen molar-refractivity contribution in [1.29, 1.82) is 0 Å². The van der Waals surface area contributed by atoms with E-state index in [-0.39, 0.29) is 24.3 Å². The number of aromatic amines is 1.